The molecular weight excluding hydrogens is 268 g/mol. The first kappa shape index (κ1) is 16.9. The molecule has 0 aliphatic heterocycles. The van der Waals surface area contributed by atoms with Crippen LogP contribution in [0.4, 0.5) is 0 Å². The summed E-state index contributed by atoms with van der Waals surface area (Å²) in [5, 5.41) is 0. The van der Waals surface area contributed by atoms with Crippen LogP contribution >= 0.6 is 0 Å². The van der Waals surface area contributed by atoms with Gasteiger partial charge in [0.1, 0.15) is 0 Å². The monoisotopic (exact) mass is 286 g/mol. The Balaban J connectivity index is 0.00000144. The van der Waals surface area contributed by atoms with E-state index in [1.165, 1.54) is 11.1 Å². The molecule has 0 saturated carbocycles. The van der Waals surface area contributed by atoms with Crippen LogP contribution in [-0.4, -0.2) is 11.0 Å². The smallest absolute Gasteiger partial charge is 0 e. The number of benzene rings is 2. The summed E-state index contributed by atoms with van der Waals surface area (Å²) in [5.41, 5.74) is 2.44. The van der Waals surface area contributed by atoms with Crippen LogP contribution in [0.25, 0.3) is 12.2 Å². The van der Waals surface area contributed by atoms with Gasteiger partial charge in [0.15, 0.2) is 0 Å². The Labute approximate surface area is 128 Å². The van der Waals surface area contributed by atoms with E-state index in [2.05, 4.69) is 48.6 Å². The van der Waals surface area contributed by atoms with Gasteiger partial charge in [-0.05, 0) is 22.1 Å². The molecule has 0 N–H and O–H groups in total. The Morgan fingerprint density at radius 1 is 0.556 bits per heavy atom. The van der Waals surface area contributed by atoms with Gasteiger partial charge in [0, 0.05) is 21.7 Å². The summed E-state index contributed by atoms with van der Waals surface area (Å²) in [6.45, 7) is 0. The standard InChI is InChI=1S/C16H14.H4Si.Ti/c1-3-9-15(10-4-1)13-7-8-14-16-11-5-2-6-12-16;;/h1-14H;1H4;/b13-7+,14-8+;;. The minimum absolute atomic E-state index is 0. The first-order valence-electron chi connectivity index (χ1n) is 5.40. The van der Waals surface area contributed by atoms with Gasteiger partial charge in [0.25, 0.3) is 0 Å². The fourth-order valence-electron chi connectivity index (χ4n) is 1.46. The second kappa shape index (κ2) is 9.84. The maximum atomic E-state index is 2.10. The van der Waals surface area contributed by atoms with E-state index in [4.69, 9.17) is 0 Å². The molecule has 0 spiro atoms. The summed E-state index contributed by atoms with van der Waals surface area (Å²) in [6.07, 6.45) is 8.31. The Hall–Kier alpha value is -1.15. The van der Waals surface area contributed by atoms with Gasteiger partial charge >= 0.3 is 0 Å². The first-order chi connectivity index (χ1) is 7.95. The minimum atomic E-state index is 0. The normalized spacial score (nSPS) is 10.0. The summed E-state index contributed by atoms with van der Waals surface area (Å²) in [6, 6.07) is 20.6. The second-order valence-electron chi connectivity index (χ2n) is 3.54. The van der Waals surface area contributed by atoms with E-state index in [0.29, 0.717) is 0 Å². The molecule has 0 radical (unpaired) electrons. The van der Waals surface area contributed by atoms with Gasteiger partial charge in [-0.3, -0.25) is 0 Å². The quantitative estimate of drug-likeness (QED) is 0.601. The van der Waals surface area contributed by atoms with Crippen molar-refractivity contribution in [2.45, 2.75) is 0 Å². The molecule has 0 aliphatic rings. The van der Waals surface area contributed by atoms with E-state index >= 15 is 0 Å². The van der Waals surface area contributed by atoms with Crippen LogP contribution in [-0.2, 0) is 21.7 Å². The van der Waals surface area contributed by atoms with E-state index in [-0.39, 0.29) is 32.7 Å². The summed E-state index contributed by atoms with van der Waals surface area (Å²) in [5.74, 6) is 0. The van der Waals surface area contributed by atoms with Gasteiger partial charge in [-0.2, -0.15) is 0 Å². The Bertz CT molecular complexity index is 427. The molecule has 2 aromatic rings. The molecule has 0 aliphatic carbocycles. The van der Waals surface area contributed by atoms with E-state index in [1.54, 1.807) is 0 Å². The average Bonchev–Trinajstić information content (AvgIpc) is 2.37. The molecule has 0 heterocycles. The zero-order valence-corrected chi connectivity index (χ0v) is 11.1. The molecule has 18 heavy (non-hydrogen) atoms. The maximum absolute atomic E-state index is 2.10. The molecule has 0 bridgehead atoms. The molecule has 0 atom stereocenters. The predicted molar refractivity (Wildman–Crippen MR) is 82.3 cm³/mol. The molecular formula is C16H18SiTi. The van der Waals surface area contributed by atoms with E-state index < -0.39 is 0 Å². The van der Waals surface area contributed by atoms with Gasteiger partial charge in [-0.1, -0.05) is 85.0 Å². The zero-order chi connectivity index (χ0) is 11.1. The number of allylic oxidation sites excluding steroid dienone is 2. The van der Waals surface area contributed by atoms with Gasteiger partial charge in [-0.15, -0.1) is 0 Å². The van der Waals surface area contributed by atoms with E-state index in [0.717, 1.165) is 0 Å². The Kier molecular flexibility index (Phi) is 9.21. The van der Waals surface area contributed by atoms with Gasteiger partial charge in [-0.25, -0.2) is 0 Å². The summed E-state index contributed by atoms with van der Waals surface area (Å²) in [4.78, 5) is 0. The summed E-state index contributed by atoms with van der Waals surface area (Å²) < 4.78 is 0. The van der Waals surface area contributed by atoms with Gasteiger partial charge in [0.05, 0.1) is 0 Å². The Morgan fingerprint density at radius 3 is 1.22 bits per heavy atom. The van der Waals surface area contributed by atoms with Crippen molar-refractivity contribution < 1.29 is 21.7 Å². The molecule has 2 aromatic carbocycles. The number of hydrogen-bond acceptors (Lipinski definition) is 0. The van der Waals surface area contributed by atoms with Crippen molar-refractivity contribution in [2.75, 3.05) is 0 Å². The van der Waals surface area contributed by atoms with Crippen molar-refractivity contribution in [1.29, 1.82) is 0 Å². The van der Waals surface area contributed by atoms with Crippen molar-refractivity contribution in [1.82, 2.24) is 0 Å². The van der Waals surface area contributed by atoms with Crippen LogP contribution < -0.4 is 0 Å². The Morgan fingerprint density at radius 2 is 0.889 bits per heavy atom. The van der Waals surface area contributed by atoms with Crippen molar-refractivity contribution in [3.8, 4) is 0 Å². The molecule has 0 nitrogen and oxygen atoms in total. The minimum Gasteiger partial charge on any atom is -0.0622 e. The fourth-order valence-corrected chi connectivity index (χ4v) is 1.46. The summed E-state index contributed by atoms with van der Waals surface area (Å²) >= 11 is 0. The van der Waals surface area contributed by atoms with Crippen LogP contribution in [0.2, 0.25) is 0 Å². The van der Waals surface area contributed by atoms with E-state index in [1.807, 2.05) is 36.4 Å². The zero-order valence-electron chi connectivity index (χ0n) is 9.58. The van der Waals surface area contributed by atoms with Crippen LogP contribution in [0.15, 0.2) is 72.8 Å². The van der Waals surface area contributed by atoms with E-state index in [9.17, 15) is 0 Å². The van der Waals surface area contributed by atoms with Crippen LogP contribution in [0, 0.1) is 0 Å². The molecule has 0 unspecified atom stereocenters. The largest absolute Gasteiger partial charge is 0.0622 e. The van der Waals surface area contributed by atoms with Crippen LogP contribution in [0.3, 0.4) is 0 Å². The topological polar surface area (TPSA) is 0 Å². The average molecular weight is 286 g/mol. The molecule has 0 fully saturated rings. The van der Waals surface area contributed by atoms with Crippen molar-refractivity contribution in [3.05, 3.63) is 83.9 Å². The molecule has 90 valence electrons. The number of rotatable bonds is 3. The van der Waals surface area contributed by atoms with Gasteiger partial charge in [0.2, 0.25) is 0 Å². The van der Waals surface area contributed by atoms with Gasteiger partial charge < -0.3 is 0 Å². The van der Waals surface area contributed by atoms with Crippen LogP contribution in [0.1, 0.15) is 11.1 Å². The van der Waals surface area contributed by atoms with Crippen molar-refractivity contribution in [3.63, 3.8) is 0 Å². The van der Waals surface area contributed by atoms with Crippen LogP contribution in [0.5, 0.6) is 0 Å². The SMILES string of the molecule is C(/C=C/c1ccccc1)=C\c1ccccc1.[SiH4].[Ti]. The molecule has 0 aromatic heterocycles. The number of hydrogen-bond donors (Lipinski definition) is 0. The first-order valence-corrected chi connectivity index (χ1v) is 5.40. The third-order valence-electron chi connectivity index (χ3n) is 2.29. The maximum Gasteiger partial charge on any atom is 0 e. The fraction of sp³-hybridized carbons (Fsp3) is 0. The molecule has 2 rings (SSSR count). The molecule has 2 heteroatoms. The molecule has 0 saturated heterocycles. The third-order valence-corrected chi connectivity index (χ3v) is 2.29. The second-order valence-corrected chi connectivity index (χ2v) is 3.54. The predicted octanol–water partition coefficient (Wildman–Crippen LogP) is 2.96. The van der Waals surface area contributed by atoms with Crippen molar-refractivity contribution >= 4 is 23.1 Å². The molecule has 0 amide bonds. The van der Waals surface area contributed by atoms with Crippen molar-refractivity contribution in [2.24, 2.45) is 0 Å². The third kappa shape index (κ3) is 5.97. The summed E-state index contributed by atoms with van der Waals surface area (Å²) in [7, 11) is 0.